The van der Waals surface area contributed by atoms with Crippen molar-refractivity contribution in [2.45, 2.75) is 20.5 Å². The number of esters is 1. The number of aryl methyl sites for hydroxylation is 2. The van der Waals surface area contributed by atoms with Crippen LogP contribution in [-0.2, 0) is 11.3 Å². The number of carbonyl (C=O) groups is 1. The van der Waals surface area contributed by atoms with E-state index in [2.05, 4.69) is 15.0 Å². The van der Waals surface area contributed by atoms with E-state index in [0.29, 0.717) is 23.1 Å². The number of hydrogen-bond donors (Lipinski definition) is 1. The van der Waals surface area contributed by atoms with Gasteiger partial charge in [0.2, 0.25) is 0 Å². The van der Waals surface area contributed by atoms with E-state index in [-0.39, 0.29) is 16.4 Å². The lowest BCUT2D eigenvalue weighted by atomic mass is 10.1. The normalized spacial score (nSPS) is 11.5. The number of ether oxygens (including phenoxy) is 2. The SMILES string of the molecule is COC(=O)c1ccc2c(=O)[nH]c(/C(Cl)=C/c3cc(C)c(OCc4ccccn4)c(C)c3)nc2c1. The van der Waals surface area contributed by atoms with Crippen LogP contribution in [-0.4, -0.2) is 28.0 Å². The maximum atomic E-state index is 12.5. The van der Waals surface area contributed by atoms with E-state index >= 15 is 0 Å². The van der Waals surface area contributed by atoms with Gasteiger partial charge in [-0.3, -0.25) is 9.78 Å². The molecule has 0 aliphatic heterocycles. The van der Waals surface area contributed by atoms with Crippen molar-refractivity contribution in [1.82, 2.24) is 15.0 Å². The topological polar surface area (TPSA) is 94.2 Å². The van der Waals surface area contributed by atoms with Crippen LogP contribution in [0.3, 0.4) is 0 Å². The summed E-state index contributed by atoms with van der Waals surface area (Å²) >= 11 is 6.53. The number of halogens is 1. The van der Waals surface area contributed by atoms with E-state index < -0.39 is 5.97 Å². The van der Waals surface area contributed by atoms with E-state index in [4.69, 9.17) is 21.1 Å². The van der Waals surface area contributed by atoms with E-state index in [1.807, 2.05) is 44.2 Å². The van der Waals surface area contributed by atoms with Crippen molar-refractivity contribution in [3.8, 4) is 5.75 Å². The number of nitrogens with zero attached hydrogens (tertiary/aromatic N) is 2. The molecule has 172 valence electrons. The molecule has 8 heteroatoms. The molecule has 2 aromatic carbocycles. The smallest absolute Gasteiger partial charge is 0.337 e. The average Bonchev–Trinajstić information content (AvgIpc) is 2.83. The Bertz CT molecular complexity index is 1440. The average molecular weight is 476 g/mol. The molecule has 1 N–H and O–H groups in total. The van der Waals surface area contributed by atoms with Gasteiger partial charge in [-0.25, -0.2) is 9.78 Å². The molecule has 0 aliphatic rings. The minimum atomic E-state index is -0.511. The monoisotopic (exact) mass is 475 g/mol. The lowest BCUT2D eigenvalue weighted by Gasteiger charge is -2.13. The molecular formula is C26H22ClN3O4. The minimum Gasteiger partial charge on any atom is -0.487 e. The Morgan fingerprint density at radius 3 is 2.56 bits per heavy atom. The number of aromatic nitrogens is 3. The molecule has 0 atom stereocenters. The highest BCUT2D eigenvalue weighted by atomic mass is 35.5. The van der Waals surface area contributed by atoms with Gasteiger partial charge in [0.25, 0.3) is 5.56 Å². The number of H-pyrrole nitrogens is 1. The lowest BCUT2D eigenvalue weighted by Crippen LogP contribution is -2.11. The number of rotatable bonds is 6. The zero-order valence-corrected chi connectivity index (χ0v) is 19.6. The van der Waals surface area contributed by atoms with Gasteiger partial charge in [-0.1, -0.05) is 17.7 Å². The zero-order chi connectivity index (χ0) is 24.2. The summed E-state index contributed by atoms with van der Waals surface area (Å²) in [5.74, 6) is 0.474. The van der Waals surface area contributed by atoms with Crippen molar-refractivity contribution in [3.05, 3.63) is 98.9 Å². The first-order valence-corrected chi connectivity index (χ1v) is 10.9. The molecule has 4 rings (SSSR count). The van der Waals surface area contributed by atoms with E-state index in [1.54, 1.807) is 12.3 Å². The van der Waals surface area contributed by atoms with E-state index in [1.165, 1.54) is 25.3 Å². The number of hydrogen-bond acceptors (Lipinski definition) is 6. The predicted octanol–water partition coefficient (Wildman–Crippen LogP) is 5.04. The molecule has 2 heterocycles. The number of methoxy groups -OCH3 is 1. The van der Waals surface area contributed by atoms with Gasteiger partial charge in [0.05, 0.1) is 34.3 Å². The second-order valence-electron chi connectivity index (χ2n) is 7.72. The van der Waals surface area contributed by atoms with E-state index in [0.717, 1.165) is 28.1 Å². The van der Waals surface area contributed by atoms with Gasteiger partial charge in [-0.15, -0.1) is 0 Å². The number of fused-ring (bicyclic) bond motifs is 1. The Morgan fingerprint density at radius 1 is 1.12 bits per heavy atom. The predicted molar refractivity (Wildman–Crippen MR) is 132 cm³/mol. The summed E-state index contributed by atoms with van der Waals surface area (Å²) in [5.41, 5.74) is 3.84. The van der Waals surface area contributed by atoms with Crippen molar-refractivity contribution in [2.75, 3.05) is 7.11 Å². The summed E-state index contributed by atoms with van der Waals surface area (Å²) in [6.45, 7) is 4.28. The summed E-state index contributed by atoms with van der Waals surface area (Å²) < 4.78 is 10.7. The standard InChI is InChI=1S/C26H22ClN3O4/c1-15-10-17(11-16(2)23(15)34-14-19-6-4-5-9-28-19)12-21(27)24-29-22-13-18(26(32)33-3)7-8-20(22)25(31)30-24/h4-13H,14H2,1-3H3,(H,29,30,31)/b21-12-. The number of nitrogens with one attached hydrogen (secondary N) is 1. The fraction of sp³-hybridized carbons (Fsp3) is 0.154. The van der Waals surface area contributed by atoms with Gasteiger partial charge >= 0.3 is 5.97 Å². The van der Waals surface area contributed by atoms with Crippen LogP contribution in [0.2, 0.25) is 0 Å². The molecular weight excluding hydrogens is 454 g/mol. The molecule has 0 radical (unpaired) electrons. The Morgan fingerprint density at radius 2 is 1.88 bits per heavy atom. The van der Waals surface area contributed by atoms with Gasteiger partial charge in [-0.05, 0) is 79.1 Å². The summed E-state index contributed by atoms with van der Waals surface area (Å²) in [6.07, 6.45) is 3.45. The highest BCUT2D eigenvalue weighted by Gasteiger charge is 2.12. The highest BCUT2D eigenvalue weighted by Crippen LogP contribution is 2.28. The number of carbonyl (C=O) groups excluding carboxylic acids is 1. The molecule has 0 saturated heterocycles. The Kier molecular flexibility index (Phi) is 6.75. The Labute approximate surface area is 201 Å². The van der Waals surface area contributed by atoms with Gasteiger partial charge in [0, 0.05) is 6.20 Å². The summed E-state index contributed by atoms with van der Waals surface area (Å²) in [7, 11) is 1.29. The summed E-state index contributed by atoms with van der Waals surface area (Å²) in [6, 6.07) is 14.1. The van der Waals surface area contributed by atoms with Gasteiger partial charge in [-0.2, -0.15) is 0 Å². The number of benzene rings is 2. The number of aromatic amines is 1. The van der Waals surface area contributed by atoms with Crippen LogP contribution >= 0.6 is 11.6 Å². The fourth-order valence-corrected chi connectivity index (χ4v) is 3.85. The molecule has 0 spiro atoms. The number of pyridine rings is 1. The van der Waals surface area contributed by atoms with Crippen LogP contribution in [0, 0.1) is 13.8 Å². The molecule has 0 fully saturated rings. The fourth-order valence-electron chi connectivity index (χ4n) is 3.64. The first-order valence-electron chi connectivity index (χ1n) is 10.5. The van der Waals surface area contributed by atoms with Gasteiger partial charge in [0.1, 0.15) is 12.4 Å². The molecule has 7 nitrogen and oxygen atoms in total. The maximum Gasteiger partial charge on any atom is 0.337 e. The second-order valence-corrected chi connectivity index (χ2v) is 8.13. The zero-order valence-electron chi connectivity index (χ0n) is 18.9. The minimum absolute atomic E-state index is 0.201. The molecule has 4 aromatic rings. The molecule has 0 aliphatic carbocycles. The van der Waals surface area contributed by atoms with Crippen LogP contribution in [0.25, 0.3) is 22.0 Å². The van der Waals surface area contributed by atoms with Crippen molar-refractivity contribution in [3.63, 3.8) is 0 Å². The highest BCUT2D eigenvalue weighted by molar-refractivity contribution is 6.50. The molecule has 34 heavy (non-hydrogen) atoms. The van der Waals surface area contributed by atoms with Crippen LogP contribution in [0.15, 0.2) is 59.5 Å². The lowest BCUT2D eigenvalue weighted by molar-refractivity contribution is 0.0601. The largest absolute Gasteiger partial charge is 0.487 e. The Hall–Kier alpha value is -3.97. The Balaban J connectivity index is 1.63. The van der Waals surface area contributed by atoms with Gasteiger partial charge < -0.3 is 14.5 Å². The van der Waals surface area contributed by atoms with Crippen molar-refractivity contribution in [1.29, 1.82) is 0 Å². The van der Waals surface area contributed by atoms with E-state index in [9.17, 15) is 9.59 Å². The third-order valence-corrected chi connectivity index (χ3v) is 5.51. The van der Waals surface area contributed by atoms with Crippen LogP contribution in [0.5, 0.6) is 5.75 Å². The summed E-state index contributed by atoms with van der Waals surface area (Å²) in [5, 5.41) is 0.602. The van der Waals surface area contributed by atoms with Gasteiger partial charge in [0.15, 0.2) is 5.82 Å². The van der Waals surface area contributed by atoms with Crippen molar-refractivity contribution < 1.29 is 14.3 Å². The molecule has 0 amide bonds. The van der Waals surface area contributed by atoms with Crippen molar-refractivity contribution >= 4 is 39.6 Å². The van der Waals surface area contributed by atoms with Crippen molar-refractivity contribution in [2.24, 2.45) is 0 Å². The molecule has 0 unspecified atom stereocenters. The maximum absolute atomic E-state index is 12.5. The quantitative estimate of drug-likeness (QED) is 0.393. The van der Waals surface area contributed by atoms with Crippen LogP contribution in [0.4, 0.5) is 0 Å². The third-order valence-electron chi connectivity index (χ3n) is 5.22. The summed E-state index contributed by atoms with van der Waals surface area (Å²) in [4.78, 5) is 35.8. The first-order chi connectivity index (χ1) is 16.4. The molecule has 0 saturated carbocycles. The molecule has 2 aromatic heterocycles. The molecule has 0 bridgehead atoms. The van der Waals surface area contributed by atoms with Crippen LogP contribution in [0.1, 0.15) is 38.6 Å². The first kappa shape index (κ1) is 23.2. The van der Waals surface area contributed by atoms with Crippen LogP contribution < -0.4 is 10.3 Å². The third kappa shape index (κ3) is 5.00. The second kappa shape index (κ2) is 9.89.